The van der Waals surface area contributed by atoms with Crippen LogP contribution in [0.5, 0.6) is 0 Å². The van der Waals surface area contributed by atoms with Gasteiger partial charge in [-0.1, -0.05) is 43.3 Å². The fraction of sp³-hybridized carbons (Fsp3) is 0.360. The molecule has 0 saturated carbocycles. The molecule has 9 heteroatoms. The third-order valence-electron chi connectivity index (χ3n) is 6.56. The number of anilines is 1. The van der Waals surface area contributed by atoms with Gasteiger partial charge in [0.1, 0.15) is 12.1 Å². The zero-order valence-corrected chi connectivity index (χ0v) is 19.9. The van der Waals surface area contributed by atoms with E-state index in [-0.39, 0.29) is 30.1 Å². The molecular weight excluding hydrogens is 456 g/mol. The molecule has 0 radical (unpaired) electrons. The smallest absolute Gasteiger partial charge is 0.324 e. The molecule has 178 valence electrons. The summed E-state index contributed by atoms with van der Waals surface area (Å²) in [5.74, 6) is -1.06. The van der Waals surface area contributed by atoms with E-state index in [0.717, 1.165) is 16.7 Å². The molecule has 1 fully saturated rings. The van der Waals surface area contributed by atoms with E-state index in [2.05, 4.69) is 10.6 Å². The highest BCUT2D eigenvalue weighted by atomic mass is 35.5. The molecular formula is C25H27ClN4O4. The van der Waals surface area contributed by atoms with E-state index in [9.17, 15) is 19.2 Å². The molecule has 5 amide bonds. The number of benzene rings is 2. The summed E-state index contributed by atoms with van der Waals surface area (Å²) < 4.78 is 0. The largest absolute Gasteiger partial charge is 0.329 e. The van der Waals surface area contributed by atoms with E-state index in [1.807, 2.05) is 42.5 Å². The van der Waals surface area contributed by atoms with Gasteiger partial charge in [-0.25, -0.2) is 4.79 Å². The van der Waals surface area contributed by atoms with Crippen molar-refractivity contribution in [1.29, 1.82) is 0 Å². The summed E-state index contributed by atoms with van der Waals surface area (Å²) in [4.78, 5) is 53.1. The van der Waals surface area contributed by atoms with Crippen LogP contribution in [0.3, 0.4) is 0 Å². The van der Waals surface area contributed by atoms with Crippen molar-refractivity contribution in [2.45, 2.75) is 31.8 Å². The van der Waals surface area contributed by atoms with Crippen LogP contribution < -0.4 is 10.6 Å². The van der Waals surface area contributed by atoms with Crippen molar-refractivity contribution in [3.63, 3.8) is 0 Å². The molecule has 1 heterocycles. The molecule has 1 aliphatic carbocycles. The Bertz CT molecular complexity index is 1140. The average Bonchev–Trinajstić information content (AvgIpc) is 3.31. The van der Waals surface area contributed by atoms with Gasteiger partial charge in [-0.3, -0.25) is 19.7 Å². The Labute approximate surface area is 203 Å². The van der Waals surface area contributed by atoms with Crippen molar-refractivity contribution < 1.29 is 19.2 Å². The van der Waals surface area contributed by atoms with E-state index in [1.165, 1.54) is 9.80 Å². The molecule has 1 aliphatic heterocycles. The zero-order valence-electron chi connectivity index (χ0n) is 19.1. The highest BCUT2D eigenvalue weighted by Gasteiger charge is 2.54. The lowest BCUT2D eigenvalue weighted by atomic mass is 9.95. The van der Waals surface area contributed by atoms with Crippen molar-refractivity contribution in [2.75, 3.05) is 24.8 Å². The van der Waals surface area contributed by atoms with Crippen molar-refractivity contribution in [3.8, 4) is 0 Å². The number of halogens is 1. The standard InChI is InChI=1S/C25H27ClN4O4/c1-16(13-26)22(32)30(14-17-6-4-3-5-7-17)15-21(31)27-20-9-8-18-11-25(12-19(18)10-20)23(33)28-24(34)29(25)2/h3-10,16H,11-15H2,1-2H3,(H,27,31)(H,28,33,34). The van der Waals surface area contributed by atoms with Gasteiger partial charge in [0.25, 0.3) is 5.91 Å². The third kappa shape index (κ3) is 4.50. The van der Waals surface area contributed by atoms with E-state index < -0.39 is 17.5 Å². The van der Waals surface area contributed by atoms with E-state index in [4.69, 9.17) is 11.6 Å². The van der Waals surface area contributed by atoms with E-state index in [0.29, 0.717) is 25.1 Å². The highest BCUT2D eigenvalue weighted by Crippen LogP contribution is 2.38. The first-order valence-corrected chi connectivity index (χ1v) is 11.7. The predicted molar refractivity (Wildman–Crippen MR) is 128 cm³/mol. The van der Waals surface area contributed by atoms with Crippen LogP contribution in [0, 0.1) is 5.92 Å². The summed E-state index contributed by atoms with van der Waals surface area (Å²) in [7, 11) is 1.62. The molecule has 0 aromatic heterocycles. The van der Waals surface area contributed by atoms with E-state index in [1.54, 1.807) is 20.0 Å². The number of amides is 5. The number of nitrogens with zero attached hydrogens (tertiary/aromatic N) is 2. The second-order valence-corrected chi connectivity index (χ2v) is 9.28. The SMILES string of the molecule is CC(CCl)C(=O)N(CC(=O)Nc1ccc2c(c1)CC1(C2)C(=O)NC(=O)N1C)Cc1ccccc1. The maximum absolute atomic E-state index is 12.9. The van der Waals surface area contributed by atoms with Gasteiger partial charge in [0, 0.05) is 43.9 Å². The van der Waals surface area contributed by atoms with Crippen LogP contribution in [-0.4, -0.2) is 58.6 Å². The molecule has 2 aromatic rings. The Kier molecular flexibility index (Phi) is 6.61. The van der Waals surface area contributed by atoms with Crippen molar-refractivity contribution >= 4 is 41.0 Å². The van der Waals surface area contributed by atoms with E-state index >= 15 is 0 Å². The van der Waals surface area contributed by atoms with Crippen LogP contribution in [-0.2, 0) is 33.8 Å². The minimum atomic E-state index is -0.918. The molecule has 1 spiro atoms. The van der Waals surface area contributed by atoms with Gasteiger partial charge in [-0.15, -0.1) is 11.6 Å². The summed E-state index contributed by atoms with van der Waals surface area (Å²) in [6, 6.07) is 14.5. The number of imide groups is 1. The molecule has 4 rings (SSSR count). The number of alkyl halides is 1. The van der Waals surface area contributed by atoms with Gasteiger partial charge in [-0.2, -0.15) is 0 Å². The van der Waals surface area contributed by atoms with Crippen LogP contribution in [0.2, 0.25) is 0 Å². The Morgan fingerprint density at radius 1 is 1.15 bits per heavy atom. The monoisotopic (exact) mass is 482 g/mol. The summed E-state index contributed by atoms with van der Waals surface area (Å²) in [5, 5.41) is 5.24. The number of fused-ring (bicyclic) bond motifs is 1. The molecule has 8 nitrogen and oxygen atoms in total. The lowest BCUT2D eigenvalue weighted by molar-refractivity contribution is -0.138. The molecule has 1 saturated heterocycles. The number of likely N-dealkylation sites (N-methyl/N-ethyl adjacent to an activating group) is 1. The summed E-state index contributed by atoms with van der Waals surface area (Å²) in [6.07, 6.45) is 0.812. The number of carbonyl (C=O) groups excluding carboxylic acids is 4. The number of nitrogens with one attached hydrogen (secondary N) is 2. The maximum atomic E-state index is 12.9. The minimum Gasteiger partial charge on any atom is -0.329 e. The van der Waals surface area contributed by atoms with Crippen molar-refractivity contribution in [3.05, 3.63) is 65.2 Å². The van der Waals surface area contributed by atoms with Gasteiger partial charge >= 0.3 is 6.03 Å². The molecule has 2 N–H and O–H groups in total. The van der Waals surface area contributed by atoms with Crippen LogP contribution in [0.1, 0.15) is 23.6 Å². The van der Waals surface area contributed by atoms with Gasteiger partial charge in [0.15, 0.2) is 0 Å². The normalized spacial score (nSPS) is 19.7. The molecule has 2 aliphatic rings. The lowest BCUT2D eigenvalue weighted by Gasteiger charge is -2.27. The Hall–Kier alpha value is -3.39. The maximum Gasteiger partial charge on any atom is 0.324 e. The summed E-state index contributed by atoms with van der Waals surface area (Å²) in [5.41, 5.74) is 2.44. The highest BCUT2D eigenvalue weighted by molar-refractivity contribution is 6.19. The predicted octanol–water partition coefficient (Wildman–Crippen LogP) is 2.55. The number of rotatable bonds is 7. The molecule has 34 heavy (non-hydrogen) atoms. The molecule has 2 atom stereocenters. The average molecular weight is 483 g/mol. The molecule has 0 bridgehead atoms. The van der Waals surface area contributed by atoms with Crippen LogP contribution in [0.25, 0.3) is 0 Å². The van der Waals surface area contributed by atoms with Crippen LogP contribution in [0.4, 0.5) is 10.5 Å². The Morgan fingerprint density at radius 3 is 2.50 bits per heavy atom. The van der Waals surface area contributed by atoms with Gasteiger partial charge in [-0.05, 0) is 28.8 Å². The number of carbonyl (C=O) groups is 4. The fourth-order valence-corrected chi connectivity index (χ4v) is 4.67. The van der Waals surface area contributed by atoms with Crippen molar-refractivity contribution in [1.82, 2.24) is 15.1 Å². The Balaban J connectivity index is 1.46. The summed E-state index contributed by atoms with van der Waals surface area (Å²) >= 11 is 5.89. The first-order chi connectivity index (χ1) is 16.2. The second kappa shape index (κ2) is 9.46. The minimum absolute atomic E-state index is 0.115. The lowest BCUT2D eigenvalue weighted by Crippen LogP contribution is -2.48. The first kappa shape index (κ1) is 23.8. The fourth-order valence-electron chi connectivity index (χ4n) is 4.54. The molecule has 2 aromatic carbocycles. The second-order valence-electron chi connectivity index (χ2n) is 8.97. The summed E-state index contributed by atoms with van der Waals surface area (Å²) in [6.45, 7) is 1.93. The quantitative estimate of drug-likeness (QED) is 0.468. The van der Waals surface area contributed by atoms with Crippen molar-refractivity contribution in [2.24, 2.45) is 5.92 Å². The number of hydrogen-bond acceptors (Lipinski definition) is 4. The Morgan fingerprint density at radius 2 is 1.85 bits per heavy atom. The van der Waals surface area contributed by atoms with Gasteiger partial charge in [0.2, 0.25) is 11.8 Å². The van der Waals surface area contributed by atoms with Crippen LogP contribution in [0.15, 0.2) is 48.5 Å². The van der Waals surface area contributed by atoms with Crippen LogP contribution >= 0.6 is 11.6 Å². The number of hydrogen-bond donors (Lipinski definition) is 2. The molecule has 2 unspecified atom stereocenters. The topological polar surface area (TPSA) is 98.8 Å². The third-order valence-corrected chi connectivity index (χ3v) is 7.02. The zero-order chi connectivity index (χ0) is 24.5. The van der Waals surface area contributed by atoms with Gasteiger partial charge < -0.3 is 15.1 Å². The first-order valence-electron chi connectivity index (χ1n) is 11.1. The van der Waals surface area contributed by atoms with Gasteiger partial charge in [0.05, 0.1) is 0 Å². The number of urea groups is 1.